The average Bonchev–Trinajstić information content (AvgIpc) is 2.89. The normalized spacial score (nSPS) is 16.4. The van der Waals surface area contributed by atoms with Gasteiger partial charge in [-0.3, -0.25) is 29.4 Å². The monoisotopic (exact) mass is 410 g/mol. The number of nitro benzene ring substituents is 1. The Balaban J connectivity index is 2.27. The first-order chi connectivity index (χ1) is 13.2. The summed E-state index contributed by atoms with van der Waals surface area (Å²) in [5.41, 5.74) is -0.434. The van der Waals surface area contributed by atoms with Crippen LogP contribution < -0.4 is 4.74 Å². The van der Waals surface area contributed by atoms with E-state index in [9.17, 15) is 29.6 Å². The van der Waals surface area contributed by atoms with Crippen molar-refractivity contribution in [1.29, 1.82) is 0 Å². The number of hydrogen-bond donors (Lipinski definition) is 1. The van der Waals surface area contributed by atoms with Crippen molar-refractivity contribution in [1.82, 2.24) is 4.90 Å². The summed E-state index contributed by atoms with van der Waals surface area (Å²) in [6.07, 6.45) is 1.50. The number of carbonyl (C=O) groups is 3. The molecule has 0 radical (unpaired) electrons. The molecule has 10 nitrogen and oxygen atoms in total. The van der Waals surface area contributed by atoms with Crippen LogP contribution in [0.1, 0.15) is 25.8 Å². The number of ether oxygens (including phenoxy) is 2. The maximum absolute atomic E-state index is 12.4. The number of nitrogens with zero attached hydrogens (tertiary/aromatic N) is 2. The fraction of sp³-hybridized carbons (Fsp3) is 0.353. The number of phenols is 1. The molecule has 1 aromatic carbocycles. The Hall–Kier alpha value is -3.08. The number of hydrogen-bond acceptors (Lipinski definition) is 9. The molecule has 1 aromatic rings. The van der Waals surface area contributed by atoms with Crippen molar-refractivity contribution in [3.05, 3.63) is 32.7 Å². The molecule has 150 valence electrons. The highest BCUT2D eigenvalue weighted by Gasteiger charge is 2.37. The Labute approximate surface area is 164 Å². The van der Waals surface area contributed by atoms with Crippen molar-refractivity contribution >= 4 is 40.6 Å². The summed E-state index contributed by atoms with van der Waals surface area (Å²) in [7, 11) is 1.22. The number of nitro groups is 1. The molecule has 11 heteroatoms. The highest BCUT2D eigenvalue weighted by atomic mass is 32.2. The zero-order valence-corrected chi connectivity index (χ0v) is 16.1. The van der Waals surface area contributed by atoms with Crippen LogP contribution in [-0.4, -0.2) is 51.8 Å². The lowest BCUT2D eigenvalue weighted by Gasteiger charge is -2.14. The van der Waals surface area contributed by atoms with E-state index < -0.39 is 40.0 Å². The second-order valence-corrected chi connectivity index (χ2v) is 6.82. The number of amides is 2. The van der Waals surface area contributed by atoms with Crippen LogP contribution in [0, 0.1) is 10.1 Å². The second-order valence-electron chi connectivity index (χ2n) is 5.82. The van der Waals surface area contributed by atoms with Gasteiger partial charge in [0.1, 0.15) is 6.54 Å². The molecular weight excluding hydrogens is 392 g/mol. The van der Waals surface area contributed by atoms with E-state index >= 15 is 0 Å². The Morgan fingerprint density at radius 3 is 2.68 bits per heavy atom. The smallest absolute Gasteiger partial charge is 0.326 e. The van der Waals surface area contributed by atoms with Crippen LogP contribution in [-0.2, 0) is 14.3 Å². The van der Waals surface area contributed by atoms with E-state index in [0.29, 0.717) is 18.2 Å². The molecule has 28 heavy (non-hydrogen) atoms. The minimum Gasteiger partial charge on any atom is -0.500 e. The number of thioether (sulfide) groups is 1. The Bertz CT molecular complexity index is 867. The van der Waals surface area contributed by atoms with Crippen LogP contribution in [0.25, 0.3) is 6.08 Å². The first-order valence-electron chi connectivity index (χ1n) is 8.18. The van der Waals surface area contributed by atoms with Gasteiger partial charge >= 0.3 is 11.7 Å². The molecule has 2 amide bonds. The zero-order valence-electron chi connectivity index (χ0n) is 15.3. The number of carbonyl (C=O) groups excluding carboxylic acids is 3. The molecule has 2 rings (SSSR count). The molecule has 1 aliphatic rings. The van der Waals surface area contributed by atoms with Crippen LogP contribution in [0.2, 0.25) is 0 Å². The van der Waals surface area contributed by atoms with Gasteiger partial charge in [0, 0.05) is 6.07 Å². The van der Waals surface area contributed by atoms with Gasteiger partial charge in [-0.1, -0.05) is 6.92 Å². The fourth-order valence-electron chi connectivity index (χ4n) is 2.25. The van der Waals surface area contributed by atoms with Gasteiger partial charge in [0.2, 0.25) is 5.75 Å². The number of benzene rings is 1. The Morgan fingerprint density at radius 1 is 1.43 bits per heavy atom. The number of aromatic hydroxyl groups is 1. The summed E-state index contributed by atoms with van der Waals surface area (Å²) in [6, 6.07) is 2.33. The number of phenolic OH excluding ortho intramolecular Hbond substituents is 1. The first-order valence-corrected chi connectivity index (χ1v) is 8.99. The van der Waals surface area contributed by atoms with E-state index in [-0.39, 0.29) is 22.3 Å². The van der Waals surface area contributed by atoms with Gasteiger partial charge in [0.15, 0.2) is 5.75 Å². The summed E-state index contributed by atoms with van der Waals surface area (Å²) in [5, 5.41) is 20.2. The summed E-state index contributed by atoms with van der Waals surface area (Å²) < 4.78 is 9.96. The van der Waals surface area contributed by atoms with E-state index in [1.165, 1.54) is 19.3 Å². The highest BCUT2D eigenvalue weighted by Crippen LogP contribution is 2.39. The first kappa shape index (κ1) is 21.2. The summed E-state index contributed by atoms with van der Waals surface area (Å²) in [6.45, 7) is 2.99. The molecule has 1 fully saturated rings. The van der Waals surface area contributed by atoms with Crippen LogP contribution in [0.15, 0.2) is 17.0 Å². The third-order valence-electron chi connectivity index (χ3n) is 3.86. The van der Waals surface area contributed by atoms with Gasteiger partial charge < -0.3 is 14.6 Å². The third kappa shape index (κ3) is 4.60. The molecule has 0 spiro atoms. The van der Waals surface area contributed by atoms with Crippen LogP contribution in [0.4, 0.5) is 10.5 Å². The van der Waals surface area contributed by atoms with E-state index in [0.717, 1.165) is 11.0 Å². The lowest BCUT2D eigenvalue weighted by atomic mass is 10.1. The summed E-state index contributed by atoms with van der Waals surface area (Å²) >= 11 is 0.593. The quantitative estimate of drug-likeness (QED) is 0.311. The molecule has 0 saturated carbocycles. The van der Waals surface area contributed by atoms with Gasteiger partial charge in [0.25, 0.3) is 11.1 Å². The Morgan fingerprint density at radius 2 is 2.11 bits per heavy atom. The van der Waals surface area contributed by atoms with Crippen molar-refractivity contribution in [3.63, 3.8) is 0 Å². The SMILES string of the molecule is CC[C@@H](C)OC(=O)CN1C(=O)S/C(=C/c2cc(OC)c(O)c([N+](=O)[O-])c2)C1=O. The number of esters is 1. The van der Waals surface area contributed by atoms with Crippen molar-refractivity contribution < 1.29 is 33.9 Å². The molecule has 1 atom stereocenters. The standard InChI is InChI=1S/C17H18N2O8S/c1-4-9(2)27-14(20)8-18-16(22)13(28-17(18)23)7-10-5-11(19(24)25)15(21)12(6-10)26-3/h5-7,9,21H,4,8H2,1-3H3/b13-7+/t9-/m1/s1. The minimum absolute atomic E-state index is 0.0246. The van der Waals surface area contributed by atoms with Gasteiger partial charge in [-0.15, -0.1) is 0 Å². The van der Waals surface area contributed by atoms with Gasteiger partial charge in [-0.25, -0.2) is 0 Å². The lowest BCUT2D eigenvalue weighted by Crippen LogP contribution is -2.35. The average molecular weight is 410 g/mol. The van der Waals surface area contributed by atoms with Gasteiger partial charge in [-0.05, 0) is 42.8 Å². The maximum Gasteiger partial charge on any atom is 0.326 e. The second kappa shape index (κ2) is 8.74. The van der Waals surface area contributed by atoms with Crippen molar-refractivity contribution in [2.24, 2.45) is 0 Å². The molecule has 0 bridgehead atoms. The molecule has 1 aliphatic heterocycles. The number of methoxy groups -OCH3 is 1. The van der Waals surface area contributed by atoms with E-state index in [2.05, 4.69) is 0 Å². The van der Waals surface area contributed by atoms with Crippen LogP contribution in [0.5, 0.6) is 11.5 Å². The lowest BCUT2D eigenvalue weighted by molar-refractivity contribution is -0.386. The van der Waals surface area contributed by atoms with E-state index in [4.69, 9.17) is 9.47 Å². The van der Waals surface area contributed by atoms with Gasteiger partial charge in [-0.2, -0.15) is 0 Å². The molecule has 1 saturated heterocycles. The fourth-order valence-corrected chi connectivity index (χ4v) is 3.09. The Kier molecular flexibility index (Phi) is 6.62. The molecule has 0 aromatic heterocycles. The minimum atomic E-state index is -0.800. The van der Waals surface area contributed by atoms with Crippen molar-refractivity contribution in [3.8, 4) is 11.5 Å². The predicted molar refractivity (Wildman–Crippen MR) is 99.8 cm³/mol. The molecule has 1 N–H and O–H groups in total. The maximum atomic E-state index is 12.4. The molecular formula is C17H18N2O8S. The molecule has 0 aliphatic carbocycles. The summed E-state index contributed by atoms with van der Waals surface area (Å²) in [4.78, 5) is 47.4. The predicted octanol–water partition coefficient (Wildman–Crippen LogP) is 2.69. The van der Waals surface area contributed by atoms with Crippen molar-refractivity contribution in [2.75, 3.05) is 13.7 Å². The topological polar surface area (TPSA) is 136 Å². The van der Waals surface area contributed by atoms with E-state index in [1.54, 1.807) is 6.92 Å². The number of rotatable bonds is 7. The number of imide groups is 1. The summed E-state index contributed by atoms with van der Waals surface area (Å²) in [5.74, 6) is -2.23. The van der Waals surface area contributed by atoms with Crippen LogP contribution in [0.3, 0.4) is 0 Å². The van der Waals surface area contributed by atoms with Gasteiger partial charge in [0.05, 0.1) is 23.0 Å². The van der Waals surface area contributed by atoms with E-state index in [1.807, 2.05) is 6.92 Å². The zero-order chi connectivity index (χ0) is 21.0. The third-order valence-corrected chi connectivity index (χ3v) is 4.77. The highest BCUT2D eigenvalue weighted by molar-refractivity contribution is 8.18. The molecule has 0 unspecified atom stereocenters. The largest absolute Gasteiger partial charge is 0.500 e. The molecule has 1 heterocycles. The van der Waals surface area contributed by atoms with Crippen LogP contribution >= 0.6 is 11.8 Å². The van der Waals surface area contributed by atoms with Crippen molar-refractivity contribution in [2.45, 2.75) is 26.4 Å².